The number of ether oxygens (including phenoxy) is 2. The van der Waals surface area contributed by atoms with Gasteiger partial charge in [-0.3, -0.25) is 0 Å². The standard InChI is InChI=1S/C13H17BrF3NO3/c1-20-6-5-18-7-9-3-2-4-10(14)12(9)21-8-11(19)13(15,16)17/h2-4,11,18-19H,5-8H2,1H3. The van der Waals surface area contributed by atoms with Gasteiger partial charge in [-0.05, 0) is 22.0 Å². The van der Waals surface area contributed by atoms with Crippen LogP contribution in [0.25, 0.3) is 0 Å². The third-order valence-corrected chi connectivity index (χ3v) is 3.23. The average Bonchev–Trinajstić information content (AvgIpc) is 2.41. The van der Waals surface area contributed by atoms with Crippen molar-refractivity contribution >= 4 is 15.9 Å². The van der Waals surface area contributed by atoms with E-state index in [4.69, 9.17) is 14.6 Å². The number of aliphatic hydroxyl groups excluding tert-OH is 1. The molecule has 1 aromatic carbocycles. The number of hydrogen-bond donors (Lipinski definition) is 2. The fourth-order valence-corrected chi connectivity index (χ4v) is 2.03. The molecule has 0 bridgehead atoms. The summed E-state index contributed by atoms with van der Waals surface area (Å²) in [6.07, 6.45) is -7.21. The second-order valence-corrected chi connectivity index (χ2v) is 5.12. The highest BCUT2D eigenvalue weighted by Gasteiger charge is 2.38. The highest BCUT2D eigenvalue weighted by atomic mass is 79.9. The van der Waals surface area contributed by atoms with Gasteiger partial charge < -0.3 is 19.9 Å². The van der Waals surface area contributed by atoms with Gasteiger partial charge in [-0.1, -0.05) is 12.1 Å². The molecule has 120 valence electrons. The number of nitrogens with one attached hydrogen (secondary N) is 1. The van der Waals surface area contributed by atoms with Crippen molar-refractivity contribution in [2.75, 3.05) is 26.9 Å². The summed E-state index contributed by atoms with van der Waals surface area (Å²) in [6, 6.07) is 5.15. The van der Waals surface area contributed by atoms with Crippen molar-refractivity contribution in [2.24, 2.45) is 0 Å². The Kier molecular flexibility index (Phi) is 7.44. The summed E-state index contributed by atoms with van der Waals surface area (Å²) in [5.74, 6) is 0.283. The molecular formula is C13H17BrF3NO3. The van der Waals surface area contributed by atoms with E-state index in [1.807, 2.05) is 0 Å². The third kappa shape index (κ3) is 6.21. The Hall–Kier alpha value is -0.830. The molecule has 0 aliphatic carbocycles. The van der Waals surface area contributed by atoms with E-state index in [1.165, 1.54) is 0 Å². The molecule has 1 aromatic rings. The topological polar surface area (TPSA) is 50.7 Å². The van der Waals surface area contributed by atoms with E-state index in [1.54, 1.807) is 25.3 Å². The van der Waals surface area contributed by atoms with Gasteiger partial charge in [0.15, 0.2) is 6.10 Å². The average molecular weight is 372 g/mol. The zero-order chi connectivity index (χ0) is 15.9. The second-order valence-electron chi connectivity index (χ2n) is 4.27. The van der Waals surface area contributed by atoms with Crippen molar-refractivity contribution in [3.05, 3.63) is 28.2 Å². The number of halogens is 4. The third-order valence-electron chi connectivity index (χ3n) is 2.61. The van der Waals surface area contributed by atoms with Gasteiger partial charge in [-0.25, -0.2) is 0 Å². The molecule has 1 unspecified atom stereocenters. The molecule has 8 heteroatoms. The number of methoxy groups -OCH3 is 1. The van der Waals surface area contributed by atoms with Crippen molar-refractivity contribution in [3.63, 3.8) is 0 Å². The lowest BCUT2D eigenvalue weighted by Crippen LogP contribution is -2.34. The van der Waals surface area contributed by atoms with E-state index in [-0.39, 0.29) is 5.75 Å². The van der Waals surface area contributed by atoms with E-state index < -0.39 is 18.9 Å². The molecule has 0 amide bonds. The van der Waals surface area contributed by atoms with E-state index in [0.29, 0.717) is 29.7 Å². The molecule has 1 atom stereocenters. The largest absolute Gasteiger partial charge is 0.489 e. The number of para-hydroxylation sites is 1. The van der Waals surface area contributed by atoms with Crippen LogP contribution in [0.2, 0.25) is 0 Å². The van der Waals surface area contributed by atoms with Crippen LogP contribution >= 0.6 is 15.9 Å². The van der Waals surface area contributed by atoms with Crippen LogP contribution in [0, 0.1) is 0 Å². The number of aliphatic hydroxyl groups is 1. The molecular weight excluding hydrogens is 355 g/mol. The van der Waals surface area contributed by atoms with Crippen LogP contribution in [0.3, 0.4) is 0 Å². The number of benzene rings is 1. The first kappa shape index (κ1) is 18.2. The molecule has 0 spiro atoms. The molecule has 1 rings (SSSR count). The van der Waals surface area contributed by atoms with Crippen molar-refractivity contribution in [3.8, 4) is 5.75 Å². The molecule has 2 N–H and O–H groups in total. The highest BCUT2D eigenvalue weighted by Crippen LogP contribution is 2.30. The van der Waals surface area contributed by atoms with Crippen LogP contribution in [0.15, 0.2) is 22.7 Å². The van der Waals surface area contributed by atoms with Crippen molar-refractivity contribution in [1.82, 2.24) is 5.32 Å². The van der Waals surface area contributed by atoms with Crippen LogP contribution in [0.5, 0.6) is 5.75 Å². The fraction of sp³-hybridized carbons (Fsp3) is 0.538. The van der Waals surface area contributed by atoms with Gasteiger partial charge in [0.1, 0.15) is 12.4 Å². The maximum absolute atomic E-state index is 12.3. The SMILES string of the molecule is COCCNCc1cccc(Br)c1OCC(O)C(F)(F)F. The van der Waals surface area contributed by atoms with E-state index in [0.717, 1.165) is 0 Å². The molecule has 0 aliphatic rings. The molecule has 0 saturated carbocycles. The summed E-state index contributed by atoms with van der Waals surface area (Å²) < 4.78 is 47.4. The molecule has 0 fully saturated rings. The fourth-order valence-electron chi connectivity index (χ4n) is 1.51. The highest BCUT2D eigenvalue weighted by molar-refractivity contribution is 9.10. The van der Waals surface area contributed by atoms with Crippen LogP contribution < -0.4 is 10.1 Å². The van der Waals surface area contributed by atoms with Gasteiger partial charge in [0, 0.05) is 25.8 Å². The summed E-state index contributed by atoms with van der Waals surface area (Å²) >= 11 is 3.23. The predicted molar refractivity (Wildman–Crippen MR) is 75.3 cm³/mol. The molecule has 0 aliphatic heterocycles. The minimum absolute atomic E-state index is 0.283. The quantitative estimate of drug-likeness (QED) is 0.689. The molecule has 0 aromatic heterocycles. The maximum atomic E-state index is 12.3. The summed E-state index contributed by atoms with van der Waals surface area (Å²) in [5.41, 5.74) is 0.690. The van der Waals surface area contributed by atoms with Gasteiger partial charge in [0.05, 0.1) is 11.1 Å². The first-order valence-electron chi connectivity index (χ1n) is 6.21. The lowest BCUT2D eigenvalue weighted by atomic mass is 10.2. The molecule has 21 heavy (non-hydrogen) atoms. The number of hydrogen-bond acceptors (Lipinski definition) is 4. The van der Waals surface area contributed by atoms with Crippen molar-refractivity contribution < 1.29 is 27.8 Å². The van der Waals surface area contributed by atoms with Gasteiger partial charge in [-0.2, -0.15) is 13.2 Å². The summed E-state index contributed by atoms with van der Waals surface area (Å²) in [7, 11) is 1.58. The summed E-state index contributed by atoms with van der Waals surface area (Å²) in [6.45, 7) is 0.696. The zero-order valence-electron chi connectivity index (χ0n) is 11.4. The first-order valence-corrected chi connectivity index (χ1v) is 7.00. The van der Waals surface area contributed by atoms with Gasteiger partial charge in [0.2, 0.25) is 0 Å². The Bertz CT molecular complexity index is 443. The van der Waals surface area contributed by atoms with E-state index in [9.17, 15) is 13.2 Å². The predicted octanol–water partition coefficient (Wildman–Crippen LogP) is 2.49. The molecule has 4 nitrogen and oxygen atoms in total. The Balaban J connectivity index is 2.67. The number of alkyl halides is 3. The minimum atomic E-state index is -4.70. The van der Waals surface area contributed by atoms with E-state index in [2.05, 4.69) is 21.2 Å². The molecule has 0 heterocycles. The smallest absolute Gasteiger partial charge is 0.417 e. The Morgan fingerprint density at radius 2 is 2.10 bits per heavy atom. The van der Waals surface area contributed by atoms with Crippen LogP contribution in [-0.4, -0.2) is 44.3 Å². The molecule has 0 saturated heterocycles. The first-order chi connectivity index (χ1) is 9.86. The van der Waals surface area contributed by atoms with Crippen LogP contribution in [0.4, 0.5) is 13.2 Å². The van der Waals surface area contributed by atoms with Gasteiger partial charge in [-0.15, -0.1) is 0 Å². The van der Waals surface area contributed by atoms with Crippen molar-refractivity contribution in [2.45, 2.75) is 18.8 Å². The van der Waals surface area contributed by atoms with Crippen molar-refractivity contribution in [1.29, 1.82) is 0 Å². The van der Waals surface area contributed by atoms with Crippen LogP contribution in [0.1, 0.15) is 5.56 Å². The lowest BCUT2D eigenvalue weighted by Gasteiger charge is -2.18. The zero-order valence-corrected chi connectivity index (χ0v) is 13.0. The van der Waals surface area contributed by atoms with Gasteiger partial charge >= 0.3 is 6.18 Å². The lowest BCUT2D eigenvalue weighted by molar-refractivity contribution is -0.210. The second kappa shape index (κ2) is 8.57. The number of rotatable bonds is 8. The summed E-state index contributed by atoms with van der Waals surface area (Å²) in [5, 5.41) is 12.1. The Morgan fingerprint density at radius 3 is 2.71 bits per heavy atom. The summed E-state index contributed by atoms with van der Waals surface area (Å²) in [4.78, 5) is 0. The molecule has 0 radical (unpaired) electrons. The van der Waals surface area contributed by atoms with Crippen LogP contribution in [-0.2, 0) is 11.3 Å². The minimum Gasteiger partial charge on any atom is -0.489 e. The monoisotopic (exact) mass is 371 g/mol. The Morgan fingerprint density at radius 1 is 1.38 bits per heavy atom. The van der Waals surface area contributed by atoms with Gasteiger partial charge in [0.25, 0.3) is 0 Å². The van der Waals surface area contributed by atoms with E-state index >= 15 is 0 Å². The Labute approximate surface area is 129 Å². The normalized spacial score (nSPS) is 13.2. The maximum Gasteiger partial charge on any atom is 0.417 e.